The normalized spacial score (nSPS) is 15.4. The number of aromatic nitrogens is 4. The molecule has 0 radical (unpaired) electrons. The molecule has 4 heterocycles. The first-order chi connectivity index (χ1) is 18.1. The van der Waals surface area contributed by atoms with Gasteiger partial charge in [0.05, 0.1) is 16.0 Å². The third-order valence-corrected chi connectivity index (χ3v) is 8.11. The molecular weight excluding hydrogens is 506 g/mol. The highest BCUT2D eigenvalue weighted by molar-refractivity contribution is 7.99. The van der Waals surface area contributed by atoms with E-state index in [9.17, 15) is 9.59 Å². The van der Waals surface area contributed by atoms with Crippen molar-refractivity contribution in [1.29, 1.82) is 0 Å². The molecule has 0 aliphatic carbocycles. The lowest BCUT2D eigenvalue weighted by Gasteiger charge is -2.17. The Labute approximate surface area is 220 Å². The standard InChI is InChI=1S/C26H23N7O2S2/c34-23(16-36-25-30-31-26-33(25)20-5-1-2-6-21(20)37-26)28-18-10-8-17(9-11-18)24(35)29-19-12-14-32(15-19)22-7-3-4-13-27-22/h1-11,13,19H,12,14-16H2,(H,28,34)(H,29,35). The van der Waals surface area contributed by atoms with E-state index in [4.69, 9.17) is 0 Å². The third-order valence-electron chi connectivity index (χ3n) is 6.17. The van der Waals surface area contributed by atoms with Gasteiger partial charge in [-0.05, 0) is 55.0 Å². The van der Waals surface area contributed by atoms with Crippen molar-refractivity contribution in [2.75, 3.05) is 29.1 Å². The fraction of sp³-hybridized carbons (Fsp3) is 0.192. The Balaban J connectivity index is 1.02. The summed E-state index contributed by atoms with van der Waals surface area (Å²) in [6.07, 6.45) is 2.65. The lowest BCUT2D eigenvalue weighted by molar-refractivity contribution is -0.113. The summed E-state index contributed by atoms with van der Waals surface area (Å²) in [5, 5.41) is 15.1. The van der Waals surface area contributed by atoms with E-state index in [0.717, 1.165) is 40.5 Å². The van der Waals surface area contributed by atoms with Crippen LogP contribution in [0.15, 0.2) is 78.1 Å². The minimum atomic E-state index is -0.154. The largest absolute Gasteiger partial charge is 0.354 e. The third kappa shape index (κ3) is 5.00. The molecule has 9 nitrogen and oxygen atoms in total. The van der Waals surface area contributed by atoms with Crippen LogP contribution in [0.5, 0.6) is 0 Å². The number of thioether (sulfide) groups is 1. The zero-order chi connectivity index (χ0) is 25.2. The highest BCUT2D eigenvalue weighted by atomic mass is 32.2. The van der Waals surface area contributed by atoms with Gasteiger partial charge >= 0.3 is 0 Å². The Bertz CT molecular complexity index is 1570. The van der Waals surface area contributed by atoms with E-state index in [1.807, 2.05) is 46.9 Å². The van der Waals surface area contributed by atoms with Crippen LogP contribution < -0.4 is 15.5 Å². The molecular formula is C26H23N7O2S2. The molecule has 1 saturated heterocycles. The molecule has 2 aromatic carbocycles. The Hall–Kier alpha value is -3.96. The fourth-order valence-corrected chi connectivity index (χ4v) is 6.14. The molecule has 0 saturated carbocycles. The van der Waals surface area contributed by atoms with Crippen LogP contribution in [0.2, 0.25) is 0 Å². The number of anilines is 2. The van der Waals surface area contributed by atoms with Gasteiger partial charge in [0.2, 0.25) is 10.9 Å². The number of carbonyl (C=O) groups excluding carboxylic acids is 2. The van der Waals surface area contributed by atoms with E-state index in [-0.39, 0.29) is 23.6 Å². The van der Waals surface area contributed by atoms with Crippen LogP contribution >= 0.6 is 23.1 Å². The Morgan fingerprint density at radius 3 is 2.70 bits per heavy atom. The number of para-hydroxylation sites is 1. The number of carbonyl (C=O) groups is 2. The van der Waals surface area contributed by atoms with Crippen molar-refractivity contribution in [1.82, 2.24) is 24.9 Å². The van der Waals surface area contributed by atoms with Crippen LogP contribution in [0.4, 0.5) is 11.5 Å². The molecule has 186 valence electrons. The summed E-state index contributed by atoms with van der Waals surface area (Å²) in [5.41, 5.74) is 2.22. The van der Waals surface area contributed by atoms with E-state index in [1.165, 1.54) is 11.8 Å². The van der Waals surface area contributed by atoms with E-state index in [1.54, 1.807) is 41.8 Å². The Morgan fingerprint density at radius 2 is 1.86 bits per heavy atom. The summed E-state index contributed by atoms with van der Waals surface area (Å²) >= 11 is 2.91. The topological polar surface area (TPSA) is 105 Å². The van der Waals surface area contributed by atoms with Crippen LogP contribution in [0.3, 0.4) is 0 Å². The monoisotopic (exact) mass is 529 g/mol. The second-order valence-corrected chi connectivity index (χ2v) is 10.6. The number of rotatable bonds is 7. The number of hydrogen-bond donors (Lipinski definition) is 2. The second kappa shape index (κ2) is 10.2. The van der Waals surface area contributed by atoms with Gasteiger partial charge in [-0.15, -0.1) is 10.2 Å². The quantitative estimate of drug-likeness (QED) is 0.306. The first-order valence-corrected chi connectivity index (χ1v) is 13.7. The van der Waals surface area contributed by atoms with Gasteiger partial charge in [-0.25, -0.2) is 4.98 Å². The van der Waals surface area contributed by atoms with Crippen LogP contribution in [-0.2, 0) is 4.79 Å². The minimum absolute atomic E-state index is 0.0647. The maximum Gasteiger partial charge on any atom is 0.251 e. The molecule has 3 aromatic heterocycles. The lowest BCUT2D eigenvalue weighted by Crippen LogP contribution is -2.37. The molecule has 1 atom stereocenters. The zero-order valence-electron chi connectivity index (χ0n) is 19.7. The van der Waals surface area contributed by atoms with Crippen LogP contribution in [0.1, 0.15) is 16.8 Å². The SMILES string of the molecule is O=C(CSc1nnc2sc3ccccc3n12)Nc1ccc(C(=O)NC2CCN(c3ccccn3)C2)cc1. The molecule has 0 bridgehead atoms. The van der Waals surface area contributed by atoms with Crippen molar-refractivity contribution in [3.63, 3.8) is 0 Å². The molecule has 1 aliphatic rings. The molecule has 11 heteroatoms. The molecule has 2 N–H and O–H groups in total. The molecule has 2 amide bonds. The van der Waals surface area contributed by atoms with E-state index in [0.29, 0.717) is 16.4 Å². The van der Waals surface area contributed by atoms with Crippen LogP contribution in [-0.4, -0.2) is 56.3 Å². The minimum Gasteiger partial charge on any atom is -0.354 e. The molecule has 1 fully saturated rings. The summed E-state index contributed by atoms with van der Waals surface area (Å²) in [7, 11) is 0. The molecule has 37 heavy (non-hydrogen) atoms. The Kier molecular flexibility index (Phi) is 6.46. The summed E-state index contributed by atoms with van der Waals surface area (Å²) in [6.45, 7) is 1.59. The van der Waals surface area contributed by atoms with Gasteiger partial charge in [-0.3, -0.25) is 14.0 Å². The van der Waals surface area contributed by atoms with Crippen LogP contribution in [0, 0.1) is 0 Å². The maximum atomic E-state index is 12.7. The molecule has 5 aromatic rings. The van der Waals surface area contributed by atoms with Gasteiger partial charge in [0.25, 0.3) is 5.91 Å². The molecule has 1 unspecified atom stereocenters. The van der Waals surface area contributed by atoms with Gasteiger partial charge < -0.3 is 15.5 Å². The second-order valence-electron chi connectivity index (χ2n) is 8.68. The predicted octanol–water partition coefficient (Wildman–Crippen LogP) is 4.08. The summed E-state index contributed by atoms with van der Waals surface area (Å²) in [4.78, 5) is 32.7. The summed E-state index contributed by atoms with van der Waals surface area (Å²) in [5.74, 6) is 0.843. The number of hydrogen-bond acceptors (Lipinski definition) is 8. The average Bonchev–Trinajstić information content (AvgIpc) is 3.64. The molecule has 6 rings (SSSR count). The first-order valence-electron chi connectivity index (χ1n) is 11.9. The number of nitrogens with zero attached hydrogens (tertiary/aromatic N) is 5. The summed E-state index contributed by atoms with van der Waals surface area (Å²) < 4.78 is 3.10. The van der Waals surface area contributed by atoms with E-state index >= 15 is 0 Å². The highest BCUT2D eigenvalue weighted by Gasteiger charge is 2.25. The van der Waals surface area contributed by atoms with Gasteiger partial charge in [0.1, 0.15) is 5.82 Å². The van der Waals surface area contributed by atoms with E-state index in [2.05, 4.69) is 30.7 Å². The van der Waals surface area contributed by atoms with Gasteiger partial charge in [0.15, 0.2) is 5.16 Å². The molecule has 0 spiro atoms. The van der Waals surface area contributed by atoms with Crippen molar-refractivity contribution in [2.24, 2.45) is 0 Å². The number of fused-ring (bicyclic) bond motifs is 3. The lowest BCUT2D eigenvalue weighted by atomic mass is 10.1. The number of amides is 2. The Morgan fingerprint density at radius 1 is 1.03 bits per heavy atom. The highest BCUT2D eigenvalue weighted by Crippen LogP contribution is 2.29. The van der Waals surface area contributed by atoms with E-state index < -0.39 is 0 Å². The number of pyridine rings is 1. The van der Waals surface area contributed by atoms with Crippen molar-refractivity contribution in [2.45, 2.75) is 17.6 Å². The predicted molar refractivity (Wildman–Crippen MR) is 146 cm³/mol. The van der Waals surface area contributed by atoms with Crippen molar-refractivity contribution in [3.05, 3.63) is 78.5 Å². The van der Waals surface area contributed by atoms with Crippen LogP contribution in [0.25, 0.3) is 15.2 Å². The zero-order valence-corrected chi connectivity index (χ0v) is 21.3. The van der Waals surface area contributed by atoms with Gasteiger partial charge in [0, 0.05) is 36.6 Å². The number of thiazole rings is 1. The first kappa shape index (κ1) is 23.4. The molecule has 1 aliphatic heterocycles. The van der Waals surface area contributed by atoms with Gasteiger partial charge in [-0.2, -0.15) is 0 Å². The number of benzene rings is 2. The van der Waals surface area contributed by atoms with Gasteiger partial charge in [-0.1, -0.05) is 41.3 Å². The fourth-order valence-electron chi connectivity index (χ4n) is 4.38. The maximum absolute atomic E-state index is 12.7. The number of nitrogens with one attached hydrogen (secondary N) is 2. The van der Waals surface area contributed by atoms with Crippen molar-refractivity contribution >= 4 is 61.6 Å². The average molecular weight is 530 g/mol. The summed E-state index contributed by atoms with van der Waals surface area (Å²) in [6, 6.07) is 20.9. The smallest absolute Gasteiger partial charge is 0.251 e. The van der Waals surface area contributed by atoms with Crippen molar-refractivity contribution in [3.8, 4) is 0 Å². The van der Waals surface area contributed by atoms with Crippen molar-refractivity contribution < 1.29 is 9.59 Å².